The van der Waals surface area contributed by atoms with Crippen LogP contribution >= 0.6 is 0 Å². The fourth-order valence-corrected chi connectivity index (χ4v) is 6.66. The van der Waals surface area contributed by atoms with Crippen LogP contribution in [0.5, 0.6) is 5.75 Å². The number of fused-ring (bicyclic) bond motifs is 5. The lowest BCUT2D eigenvalue weighted by molar-refractivity contribution is -0.127. The first-order chi connectivity index (χ1) is 14.9. The molecule has 0 heterocycles. The van der Waals surface area contributed by atoms with Crippen LogP contribution in [0.25, 0.3) is 6.08 Å². The molecule has 0 aromatic heterocycles. The molecule has 0 N–H and O–H groups in total. The molecule has 0 amide bonds. The Balaban J connectivity index is 1.43. The zero-order valence-corrected chi connectivity index (χ0v) is 19.3. The second-order valence-corrected chi connectivity index (χ2v) is 10.5. The lowest BCUT2D eigenvalue weighted by Crippen LogP contribution is -2.42. The second-order valence-electron chi connectivity index (χ2n) is 10.5. The SMILES string of the molecule is COc1ccc2c(c1)CC[C@@H]1[C@H]2CC[C@]2(C)C(=O)/C(=C/c3ccc(C(C)C)cc3)C[C@@H]12. The minimum absolute atomic E-state index is 0.186. The molecule has 0 bridgehead atoms. The molecule has 4 atom stereocenters. The maximum Gasteiger partial charge on any atom is 0.165 e. The lowest BCUT2D eigenvalue weighted by Gasteiger charge is -2.48. The van der Waals surface area contributed by atoms with Gasteiger partial charge in [0.05, 0.1) is 7.11 Å². The molecule has 0 unspecified atom stereocenters. The van der Waals surface area contributed by atoms with Crippen molar-refractivity contribution in [3.63, 3.8) is 0 Å². The maximum absolute atomic E-state index is 13.6. The Bertz CT molecular complexity index is 1030. The molecule has 2 nitrogen and oxygen atoms in total. The first-order valence-electron chi connectivity index (χ1n) is 11.9. The number of carbonyl (C=O) groups is 1. The van der Waals surface area contributed by atoms with Crippen LogP contribution in [0.15, 0.2) is 48.0 Å². The number of carbonyl (C=O) groups excluding carboxylic acids is 1. The molecule has 31 heavy (non-hydrogen) atoms. The van der Waals surface area contributed by atoms with Crippen molar-refractivity contribution < 1.29 is 9.53 Å². The molecule has 5 rings (SSSR count). The summed E-state index contributed by atoms with van der Waals surface area (Å²) in [5.74, 6) is 3.56. The van der Waals surface area contributed by atoms with Crippen molar-refractivity contribution in [2.75, 3.05) is 7.11 Å². The van der Waals surface area contributed by atoms with Gasteiger partial charge in [-0.25, -0.2) is 0 Å². The number of aryl methyl sites for hydroxylation is 1. The van der Waals surface area contributed by atoms with Gasteiger partial charge in [0.25, 0.3) is 0 Å². The van der Waals surface area contributed by atoms with Gasteiger partial charge in [-0.3, -0.25) is 4.79 Å². The molecular weight excluding hydrogens is 380 g/mol. The minimum Gasteiger partial charge on any atom is -0.497 e. The maximum atomic E-state index is 13.6. The summed E-state index contributed by atoms with van der Waals surface area (Å²) in [6, 6.07) is 15.4. The van der Waals surface area contributed by atoms with E-state index in [-0.39, 0.29) is 5.41 Å². The van der Waals surface area contributed by atoms with Crippen molar-refractivity contribution in [3.05, 3.63) is 70.3 Å². The Morgan fingerprint density at radius 3 is 2.58 bits per heavy atom. The van der Waals surface area contributed by atoms with Crippen LogP contribution in [0.2, 0.25) is 0 Å². The highest BCUT2D eigenvalue weighted by atomic mass is 16.5. The molecule has 2 aromatic carbocycles. The first kappa shape index (κ1) is 20.5. The van der Waals surface area contributed by atoms with E-state index in [1.54, 1.807) is 7.11 Å². The molecule has 3 aliphatic rings. The van der Waals surface area contributed by atoms with E-state index in [0.29, 0.717) is 29.5 Å². The van der Waals surface area contributed by atoms with Gasteiger partial charge in [0.1, 0.15) is 5.75 Å². The van der Waals surface area contributed by atoms with Crippen LogP contribution < -0.4 is 4.74 Å². The predicted molar refractivity (Wildman–Crippen MR) is 127 cm³/mol. The van der Waals surface area contributed by atoms with Gasteiger partial charge in [0.15, 0.2) is 5.78 Å². The van der Waals surface area contributed by atoms with Gasteiger partial charge in [0, 0.05) is 5.41 Å². The van der Waals surface area contributed by atoms with E-state index in [0.717, 1.165) is 42.6 Å². The quantitative estimate of drug-likeness (QED) is 0.509. The third-order valence-corrected chi connectivity index (χ3v) is 8.52. The summed E-state index contributed by atoms with van der Waals surface area (Å²) in [5.41, 5.74) is 6.33. The van der Waals surface area contributed by atoms with Crippen molar-refractivity contribution in [1.82, 2.24) is 0 Å². The van der Waals surface area contributed by atoms with Crippen LogP contribution in [-0.4, -0.2) is 12.9 Å². The molecule has 2 heteroatoms. The van der Waals surface area contributed by atoms with Gasteiger partial charge in [-0.2, -0.15) is 0 Å². The molecule has 0 spiro atoms. The molecular formula is C29H34O2. The number of ether oxygens (including phenoxy) is 1. The summed E-state index contributed by atoms with van der Waals surface area (Å²) in [6.07, 6.45) is 7.53. The average molecular weight is 415 g/mol. The van der Waals surface area contributed by atoms with Crippen molar-refractivity contribution in [2.45, 2.75) is 64.7 Å². The van der Waals surface area contributed by atoms with Crippen LogP contribution in [-0.2, 0) is 11.2 Å². The van der Waals surface area contributed by atoms with Crippen molar-refractivity contribution in [3.8, 4) is 5.75 Å². The van der Waals surface area contributed by atoms with E-state index in [2.05, 4.69) is 69.3 Å². The lowest BCUT2D eigenvalue weighted by atomic mass is 9.55. The summed E-state index contributed by atoms with van der Waals surface area (Å²) in [6.45, 7) is 6.69. The van der Waals surface area contributed by atoms with E-state index in [4.69, 9.17) is 4.74 Å². The number of allylic oxidation sites excluding steroid dienone is 1. The van der Waals surface area contributed by atoms with Crippen molar-refractivity contribution >= 4 is 11.9 Å². The third kappa shape index (κ3) is 3.35. The van der Waals surface area contributed by atoms with Gasteiger partial charge >= 0.3 is 0 Å². The van der Waals surface area contributed by atoms with Crippen molar-refractivity contribution in [1.29, 1.82) is 0 Å². The topological polar surface area (TPSA) is 26.3 Å². The summed E-state index contributed by atoms with van der Waals surface area (Å²) in [5, 5.41) is 0. The normalized spacial score (nSPS) is 30.8. The minimum atomic E-state index is -0.186. The van der Waals surface area contributed by atoms with Crippen LogP contribution in [0.3, 0.4) is 0 Å². The Morgan fingerprint density at radius 2 is 1.87 bits per heavy atom. The highest BCUT2D eigenvalue weighted by Gasteiger charge is 2.56. The van der Waals surface area contributed by atoms with Gasteiger partial charge in [-0.05, 0) is 102 Å². The number of ketones is 1. The Labute approximate surface area is 186 Å². The van der Waals surface area contributed by atoms with Gasteiger partial charge in [-0.15, -0.1) is 0 Å². The molecule has 2 saturated carbocycles. The molecule has 2 aromatic rings. The number of hydrogen-bond acceptors (Lipinski definition) is 2. The number of Topliss-reactive ketones (excluding diaryl/α,β-unsaturated/α-hetero) is 1. The van der Waals surface area contributed by atoms with Gasteiger partial charge in [-0.1, -0.05) is 51.1 Å². The van der Waals surface area contributed by atoms with Crippen LogP contribution in [0, 0.1) is 17.3 Å². The van der Waals surface area contributed by atoms with E-state index in [1.807, 2.05) is 0 Å². The Kier molecular flexibility index (Phi) is 5.07. The smallest absolute Gasteiger partial charge is 0.165 e. The Hall–Kier alpha value is -2.35. The first-order valence-corrected chi connectivity index (χ1v) is 11.9. The zero-order chi connectivity index (χ0) is 21.8. The predicted octanol–water partition coefficient (Wildman–Crippen LogP) is 6.94. The third-order valence-electron chi connectivity index (χ3n) is 8.52. The standard InChI is InChI=1S/C29H34O2/c1-18(2)20-7-5-19(6-8-20)15-22-17-27-26-11-9-21-16-23(31-4)10-12-24(21)25(26)13-14-29(27,3)28(22)30/h5-8,10,12,15-16,18,25-27H,9,11,13-14,17H2,1-4H3/b22-15+/t25-,26+,27-,29-/m0/s1. The second kappa shape index (κ2) is 7.65. The van der Waals surface area contributed by atoms with Crippen LogP contribution in [0.4, 0.5) is 0 Å². The highest BCUT2D eigenvalue weighted by Crippen LogP contribution is 2.60. The fourth-order valence-electron chi connectivity index (χ4n) is 6.66. The number of methoxy groups -OCH3 is 1. The highest BCUT2D eigenvalue weighted by molar-refractivity contribution is 6.06. The van der Waals surface area contributed by atoms with Crippen LogP contribution in [0.1, 0.15) is 80.5 Å². The molecule has 0 radical (unpaired) electrons. The molecule has 2 fully saturated rings. The fraction of sp³-hybridized carbons (Fsp3) is 0.483. The van der Waals surface area contributed by atoms with E-state index < -0.39 is 0 Å². The number of hydrogen-bond donors (Lipinski definition) is 0. The van der Waals surface area contributed by atoms with E-state index >= 15 is 0 Å². The van der Waals surface area contributed by atoms with Gasteiger partial charge < -0.3 is 4.74 Å². The van der Waals surface area contributed by atoms with E-state index in [1.165, 1.54) is 23.1 Å². The largest absolute Gasteiger partial charge is 0.497 e. The summed E-state index contributed by atoms with van der Waals surface area (Å²) in [4.78, 5) is 13.6. The summed E-state index contributed by atoms with van der Waals surface area (Å²) in [7, 11) is 1.74. The van der Waals surface area contributed by atoms with Crippen molar-refractivity contribution in [2.24, 2.45) is 17.3 Å². The monoisotopic (exact) mass is 414 g/mol. The molecule has 0 aliphatic heterocycles. The molecule has 3 aliphatic carbocycles. The summed E-state index contributed by atoms with van der Waals surface area (Å²) < 4.78 is 5.45. The number of rotatable bonds is 3. The number of benzene rings is 2. The van der Waals surface area contributed by atoms with E-state index in [9.17, 15) is 4.79 Å². The van der Waals surface area contributed by atoms with Gasteiger partial charge in [0.2, 0.25) is 0 Å². The zero-order valence-electron chi connectivity index (χ0n) is 19.3. The molecule has 0 saturated heterocycles. The average Bonchev–Trinajstić information content (AvgIpc) is 3.04. The summed E-state index contributed by atoms with van der Waals surface area (Å²) >= 11 is 0. The molecule has 162 valence electrons. The Morgan fingerprint density at radius 1 is 1.10 bits per heavy atom.